The van der Waals surface area contributed by atoms with Gasteiger partial charge < -0.3 is 28.2 Å². The van der Waals surface area contributed by atoms with Crippen molar-refractivity contribution in [3.63, 3.8) is 0 Å². The average molecular weight is 372 g/mol. The second-order valence-electron chi connectivity index (χ2n) is 0. The minimum atomic E-state index is 0. The van der Waals surface area contributed by atoms with Gasteiger partial charge in [-0.1, -0.05) is 0 Å². The average Bonchev–Trinajstić information content (AvgIpc) is 0. The molecule has 0 aliphatic rings. The van der Waals surface area contributed by atoms with E-state index in [1.807, 2.05) is 0 Å². The maximum absolute atomic E-state index is 0. The van der Waals surface area contributed by atoms with Crippen LogP contribution in [0.15, 0.2) is 0 Å². The molecule has 0 amide bonds. The summed E-state index contributed by atoms with van der Waals surface area (Å²) in [6, 6.07) is 0. The Morgan fingerprint density at radius 3 is 0.375 bits per heavy atom. The summed E-state index contributed by atoms with van der Waals surface area (Å²) >= 11 is 0. The van der Waals surface area contributed by atoms with Gasteiger partial charge in [-0.25, -0.2) is 0 Å². The summed E-state index contributed by atoms with van der Waals surface area (Å²) in [6.07, 6.45) is 0. The van der Waals surface area contributed by atoms with Crippen LogP contribution in [0, 0.1) is 31.1 Å². The molecule has 0 radical (unpaired) electrons. The van der Waals surface area contributed by atoms with Crippen molar-refractivity contribution in [3.05, 3.63) is 0 Å². The van der Waals surface area contributed by atoms with E-state index in [0.717, 1.165) is 0 Å². The first-order valence-electron chi connectivity index (χ1n) is 0. The zero-order valence-electron chi connectivity index (χ0n) is 3.18. The minimum absolute atomic E-state index is 0. The van der Waals surface area contributed by atoms with Crippen LogP contribution in [0.1, 0.15) is 0 Å². The monoisotopic (exact) mass is 372 g/mol. The molecule has 0 aromatic carbocycles. The molecule has 0 N–H and O–H groups in total. The zero-order valence-corrected chi connectivity index (χ0v) is 7.34. The molecule has 0 atom stereocenters. The molecule has 0 saturated carbocycles. The molecule has 8 heteroatoms. The summed E-state index contributed by atoms with van der Waals surface area (Å²) in [4.78, 5) is 0. The normalized spacial score (nSPS) is 0. The Labute approximate surface area is 64.3 Å². The molecule has 8 heavy (non-hydrogen) atoms. The summed E-state index contributed by atoms with van der Waals surface area (Å²) < 4.78 is 0. The van der Waals surface area contributed by atoms with Gasteiger partial charge in [0.1, 0.15) is 0 Å². The van der Waals surface area contributed by atoms with Gasteiger partial charge in [0, 0.05) is 0 Å². The summed E-state index contributed by atoms with van der Waals surface area (Å²) in [5.41, 5.74) is 0. The predicted octanol–water partition coefficient (Wildman–Crippen LogP) is -17.8. The van der Waals surface area contributed by atoms with Gasteiger partial charge in [0.15, 0.2) is 0 Å². The van der Waals surface area contributed by atoms with Crippen LogP contribution >= 0.6 is 0 Å². The van der Waals surface area contributed by atoms with E-state index in [2.05, 4.69) is 0 Å². The Bertz CT molecular complexity index is 4.35. The first kappa shape index (κ1) is 1550. The van der Waals surface area contributed by atoms with Gasteiger partial charge in [-0.05, 0) is 0 Å². The number of halogens is 7. The molecule has 0 aromatic heterocycles. The molecule has 0 aliphatic carbocycles. The summed E-state index contributed by atoms with van der Waals surface area (Å²) in [7, 11) is 0. The summed E-state index contributed by atoms with van der Waals surface area (Å²) in [5.74, 6) is 0. The molecule has 0 aromatic rings. The van der Waals surface area contributed by atoms with Crippen molar-refractivity contribution in [2.24, 2.45) is 0 Å². The van der Waals surface area contributed by atoms with Crippen LogP contribution in [0.4, 0.5) is 4.70 Å². The summed E-state index contributed by atoms with van der Waals surface area (Å²) in [5, 5.41) is 0. The van der Waals surface area contributed by atoms with E-state index in [4.69, 9.17) is 0 Å². The summed E-state index contributed by atoms with van der Waals surface area (Å²) in [6.45, 7) is 0. The smallest absolute Gasteiger partial charge is 1.00 e. The van der Waals surface area contributed by atoms with Gasteiger partial charge in [0.25, 0.3) is 0 Å². The van der Waals surface area contributed by atoms with Gasteiger partial charge in [0.05, 0.1) is 0 Å². The maximum Gasteiger partial charge on any atom is 6.00 e. The molecular formula is HF7U. The molecular weight excluding hydrogens is 371 g/mol. The van der Waals surface area contributed by atoms with Crippen molar-refractivity contribution in [2.75, 3.05) is 0 Å². The molecule has 0 fully saturated rings. The first-order valence-corrected chi connectivity index (χ1v) is 0. The zero-order chi connectivity index (χ0) is 0. The molecule has 0 unspecified atom stereocenters. The Hall–Kier alpha value is 0.562. The van der Waals surface area contributed by atoms with Gasteiger partial charge in [-0.3, -0.25) is 4.70 Å². The Morgan fingerprint density at radius 2 is 0.375 bits per heavy atom. The maximum atomic E-state index is 0. The largest absolute Gasteiger partial charge is 6.00 e. The van der Waals surface area contributed by atoms with Gasteiger partial charge in [-0.2, -0.15) is 0 Å². The van der Waals surface area contributed by atoms with Gasteiger partial charge in [-0.15, -0.1) is 0 Å². The fourth-order valence-corrected chi connectivity index (χ4v) is 0. The van der Waals surface area contributed by atoms with E-state index in [0.29, 0.717) is 0 Å². The second kappa shape index (κ2) is 1030. The van der Waals surface area contributed by atoms with Crippen LogP contribution in [-0.4, -0.2) is 0 Å². The van der Waals surface area contributed by atoms with E-state index in [1.165, 1.54) is 0 Å². The molecule has 0 nitrogen and oxygen atoms in total. The van der Waals surface area contributed by atoms with E-state index in [1.54, 1.807) is 0 Å². The Balaban J connectivity index is 0. The number of hydrogen-bond acceptors (Lipinski definition) is 0. The molecule has 0 rings (SSSR count). The van der Waals surface area contributed by atoms with Crippen molar-refractivity contribution < 1.29 is 64.0 Å². The van der Waals surface area contributed by atoms with Crippen LogP contribution in [0.5, 0.6) is 0 Å². The molecule has 54 valence electrons. The van der Waals surface area contributed by atoms with Crippen molar-refractivity contribution in [1.82, 2.24) is 0 Å². The minimum Gasteiger partial charge on any atom is -1.00 e. The van der Waals surface area contributed by atoms with Gasteiger partial charge in [0.2, 0.25) is 0 Å². The topological polar surface area (TPSA) is 0 Å². The number of hydrogen-bond donors (Lipinski definition) is 0. The van der Waals surface area contributed by atoms with Crippen LogP contribution < -0.4 is 28.2 Å². The van der Waals surface area contributed by atoms with E-state index >= 15 is 0 Å². The third-order valence-electron chi connectivity index (χ3n) is 0. The third-order valence-corrected chi connectivity index (χ3v) is 0. The second-order valence-corrected chi connectivity index (χ2v) is 0. The van der Waals surface area contributed by atoms with E-state index < -0.39 is 0 Å². The number of rotatable bonds is 0. The van der Waals surface area contributed by atoms with Crippen molar-refractivity contribution in [2.45, 2.75) is 0 Å². The van der Waals surface area contributed by atoms with E-state index in [-0.39, 0.29) is 64.0 Å². The van der Waals surface area contributed by atoms with Crippen LogP contribution in [0.25, 0.3) is 0 Å². The molecule has 0 saturated heterocycles. The van der Waals surface area contributed by atoms with Crippen LogP contribution in [0.2, 0.25) is 0 Å². The standard InChI is InChI=1S/7FH.U/h7*1H;/q;;;;;;;+6/p-6. The predicted molar refractivity (Wildman–Crippen MR) is 2.50 cm³/mol. The van der Waals surface area contributed by atoms with Crippen LogP contribution in [0.3, 0.4) is 0 Å². The van der Waals surface area contributed by atoms with Crippen molar-refractivity contribution in [3.8, 4) is 0 Å². The van der Waals surface area contributed by atoms with Crippen molar-refractivity contribution in [1.29, 1.82) is 0 Å². The van der Waals surface area contributed by atoms with E-state index in [9.17, 15) is 0 Å². The quantitative estimate of drug-likeness (QED) is 0.371. The molecule has 0 aliphatic heterocycles. The first-order chi connectivity index (χ1) is 0. The Morgan fingerprint density at radius 1 is 0.375 bits per heavy atom. The van der Waals surface area contributed by atoms with Crippen LogP contribution in [-0.2, 0) is 0 Å². The van der Waals surface area contributed by atoms with Gasteiger partial charge >= 0.3 is 31.1 Å². The molecule has 0 spiro atoms. The molecule has 0 heterocycles. The van der Waals surface area contributed by atoms with Crippen molar-refractivity contribution >= 4 is 0 Å². The fraction of sp³-hybridized carbons (Fsp3) is 0. The fourth-order valence-electron chi connectivity index (χ4n) is 0. The third kappa shape index (κ3) is 643. The Kier molecular flexibility index (Phi) is 200000. The SMILES string of the molecule is F.[F-].[F-].[F-].[F-].[F-].[F-].[U+6]. The molecule has 0 bridgehead atoms.